The molecule has 1 heterocycles. The van der Waals surface area contributed by atoms with Crippen molar-refractivity contribution < 1.29 is 9.47 Å². The summed E-state index contributed by atoms with van der Waals surface area (Å²) >= 11 is 0. The number of benzene rings is 1. The molecule has 0 aliphatic heterocycles. The van der Waals surface area contributed by atoms with E-state index in [4.69, 9.17) is 9.47 Å². The van der Waals surface area contributed by atoms with E-state index < -0.39 is 0 Å². The Morgan fingerprint density at radius 3 is 2.67 bits per heavy atom. The van der Waals surface area contributed by atoms with Gasteiger partial charge in [-0.3, -0.25) is 0 Å². The third-order valence-corrected chi connectivity index (χ3v) is 2.41. The molecule has 1 aromatic carbocycles. The van der Waals surface area contributed by atoms with Crippen molar-refractivity contribution in [3.63, 3.8) is 0 Å². The zero-order valence-corrected chi connectivity index (χ0v) is 10.5. The number of nitrogens with one attached hydrogen (secondary N) is 1. The fourth-order valence-corrected chi connectivity index (χ4v) is 1.56. The molecule has 0 atom stereocenters. The van der Waals surface area contributed by atoms with Crippen LogP contribution in [0.3, 0.4) is 0 Å². The second-order valence-electron chi connectivity index (χ2n) is 3.62. The highest BCUT2D eigenvalue weighted by atomic mass is 16.5. The van der Waals surface area contributed by atoms with Gasteiger partial charge >= 0.3 is 0 Å². The normalized spacial score (nSPS) is 10.1. The van der Waals surface area contributed by atoms with E-state index in [9.17, 15) is 0 Å². The molecule has 0 saturated heterocycles. The van der Waals surface area contributed by atoms with E-state index >= 15 is 0 Å². The number of hydrogen-bond acceptors (Lipinski definition) is 5. The molecule has 1 N–H and O–H groups in total. The zero-order valence-electron chi connectivity index (χ0n) is 10.5. The van der Waals surface area contributed by atoms with E-state index in [1.54, 1.807) is 24.4 Å². The van der Waals surface area contributed by atoms with Gasteiger partial charge in [-0.15, -0.1) is 10.2 Å². The number of aromatic nitrogens is 3. The number of nitrogens with zero attached hydrogens (tertiary/aromatic N) is 3. The second-order valence-corrected chi connectivity index (χ2v) is 3.62. The van der Waals surface area contributed by atoms with Crippen LogP contribution in [-0.4, -0.2) is 28.6 Å². The molecule has 0 saturated carbocycles. The van der Waals surface area contributed by atoms with E-state index in [0.717, 1.165) is 17.1 Å². The summed E-state index contributed by atoms with van der Waals surface area (Å²) in [7, 11) is 1.63. The standard InChI is InChI=1S/C12H16N4O2/c1-3-18-11-5-4-10(6-12(11)17-2)7-15-16-8-13-14-9-16/h4-6,8-9,15H,3,7H2,1-2H3. The lowest BCUT2D eigenvalue weighted by Gasteiger charge is -2.11. The van der Waals surface area contributed by atoms with Gasteiger partial charge in [-0.1, -0.05) is 6.07 Å². The quantitative estimate of drug-likeness (QED) is 0.838. The first kappa shape index (κ1) is 12.2. The molecular weight excluding hydrogens is 232 g/mol. The highest BCUT2D eigenvalue weighted by Crippen LogP contribution is 2.27. The van der Waals surface area contributed by atoms with E-state index in [0.29, 0.717) is 13.2 Å². The molecule has 0 amide bonds. The molecule has 0 unspecified atom stereocenters. The molecule has 6 heteroatoms. The minimum Gasteiger partial charge on any atom is -0.493 e. The summed E-state index contributed by atoms with van der Waals surface area (Å²) in [5.74, 6) is 1.49. The number of ether oxygens (including phenoxy) is 2. The highest BCUT2D eigenvalue weighted by Gasteiger charge is 2.05. The summed E-state index contributed by atoms with van der Waals surface area (Å²) in [4.78, 5) is 0. The van der Waals surface area contributed by atoms with Crippen LogP contribution in [0.1, 0.15) is 12.5 Å². The van der Waals surface area contributed by atoms with Crippen LogP contribution in [0.2, 0.25) is 0 Å². The van der Waals surface area contributed by atoms with E-state index in [2.05, 4.69) is 15.6 Å². The smallest absolute Gasteiger partial charge is 0.161 e. The minimum atomic E-state index is 0.620. The topological polar surface area (TPSA) is 61.2 Å². The van der Waals surface area contributed by atoms with Crippen molar-refractivity contribution in [2.24, 2.45) is 0 Å². The van der Waals surface area contributed by atoms with Crippen molar-refractivity contribution >= 4 is 0 Å². The minimum absolute atomic E-state index is 0.620. The SMILES string of the molecule is CCOc1ccc(CNn2cnnc2)cc1OC. The molecule has 2 aromatic rings. The zero-order chi connectivity index (χ0) is 12.8. The van der Waals surface area contributed by atoms with Crippen LogP contribution in [0.4, 0.5) is 0 Å². The Labute approximate surface area is 106 Å². The van der Waals surface area contributed by atoms with Gasteiger partial charge in [-0.2, -0.15) is 0 Å². The highest BCUT2D eigenvalue weighted by molar-refractivity contribution is 5.43. The predicted octanol–water partition coefficient (Wildman–Crippen LogP) is 1.43. The van der Waals surface area contributed by atoms with E-state index in [-0.39, 0.29) is 0 Å². The predicted molar refractivity (Wildman–Crippen MR) is 67.2 cm³/mol. The van der Waals surface area contributed by atoms with Crippen molar-refractivity contribution in [1.82, 2.24) is 14.9 Å². The Hall–Kier alpha value is -2.24. The van der Waals surface area contributed by atoms with Gasteiger partial charge in [0.2, 0.25) is 0 Å². The van der Waals surface area contributed by atoms with Crippen molar-refractivity contribution in [1.29, 1.82) is 0 Å². The Balaban J connectivity index is 2.05. The van der Waals surface area contributed by atoms with Gasteiger partial charge in [0.1, 0.15) is 12.7 Å². The van der Waals surface area contributed by atoms with Crippen LogP contribution >= 0.6 is 0 Å². The van der Waals surface area contributed by atoms with Gasteiger partial charge in [-0.05, 0) is 24.6 Å². The second kappa shape index (κ2) is 5.90. The van der Waals surface area contributed by atoms with Gasteiger partial charge in [0, 0.05) is 0 Å². The van der Waals surface area contributed by atoms with E-state index in [1.165, 1.54) is 0 Å². The number of hydrogen-bond donors (Lipinski definition) is 1. The maximum Gasteiger partial charge on any atom is 0.161 e. The Kier molecular flexibility index (Phi) is 4.01. The fraction of sp³-hybridized carbons (Fsp3) is 0.333. The van der Waals surface area contributed by atoms with Crippen LogP contribution in [0.15, 0.2) is 30.9 Å². The maximum atomic E-state index is 5.46. The lowest BCUT2D eigenvalue weighted by Crippen LogP contribution is -2.12. The Morgan fingerprint density at radius 2 is 2.00 bits per heavy atom. The van der Waals surface area contributed by atoms with Gasteiger partial charge in [-0.25, -0.2) is 4.68 Å². The summed E-state index contributed by atoms with van der Waals surface area (Å²) in [6.07, 6.45) is 3.21. The third-order valence-electron chi connectivity index (χ3n) is 2.41. The molecule has 1 aromatic heterocycles. The lowest BCUT2D eigenvalue weighted by molar-refractivity contribution is 0.310. The van der Waals surface area contributed by atoms with Gasteiger partial charge in [0.25, 0.3) is 0 Å². The van der Waals surface area contributed by atoms with Gasteiger partial charge < -0.3 is 14.9 Å². The summed E-state index contributed by atoms with van der Waals surface area (Å²) < 4.78 is 12.5. The largest absolute Gasteiger partial charge is 0.493 e. The molecule has 0 radical (unpaired) electrons. The summed E-state index contributed by atoms with van der Waals surface area (Å²) in [5.41, 5.74) is 4.23. The first-order valence-corrected chi connectivity index (χ1v) is 5.71. The first-order valence-electron chi connectivity index (χ1n) is 5.71. The molecule has 0 aliphatic rings. The van der Waals surface area contributed by atoms with Gasteiger partial charge in [0.15, 0.2) is 11.5 Å². The fourth-order valence-electron chi connectivity index (χ4n) is 1.56. The molecule has 96 valence electrons. The van der Waals surface area contributed by atoms with Crippen LogP contribution in [-0.2, 0) is 6.54 Å². The van der Waals surface area contributed by atoms with Crippen LogP contribution in [0.5, 0.6) is 11.5 Å². The van der Waals surface area contributed by atoms with E-state index in [1.807, 2.05) is 25.1 Å². The van der Waals surface area contributed by atoms with Crippen molar-refractivity contribution in [3.8, 4) is 11.5 Å². The van der Waals surface area contributed by atoms with Crippen LogP contribution in [0, 0.1) is 0 Å². The van der Waals surface area contributed by atoms with Gasteiger partial charge in [0.05, 0.1) is 20.3 Å². The molecule has 6 nitrogen and oxygen atoms in total. The first-order chi connectivity index (χ1) is 8.83. The summed E-state index contributed by atoms with van der Waals surface area (Å²) in [5, 5.41) is 7.42. The molecule has 0 fully saturated rings. The number of methoxy groups -OCH3 is 1. The molecule has 0 spiro atoms. The van der Waals surface area contributed by atoms with Crippen molar-refractivity contribution in [2.75, 3.05) is 19.1 Å². The lowest BCUT2D eigenvalue weighted by atomic mass is 10.2. The van der Waals surface area contributed by atoms with Crippen molar-refractivity contribution in [3.05, 3.63) is 36.4 Å². The van der Waals surface area contributed by atoms with Crippen LogP contribution < -0.4 is 14.9 Å². The average molecular weight is 248 g/mol. The Bertz CT molecular complexity index is 485. The van der Waals surface area contributed by atoms with Crippen molar-refractivity contribution in [2.45, 2.75) is 13.5 Å². The summed E-state index contributed by atoms with van der Waals surface area (Å²) in [6.45, 7) is 3.22. The summed E-state index contributed by atoms with van der Waals surface area (Å²) in [6, 6.07) is 5.85. The molecule has 0 bridgehead atoms. The third kappa shape index (κ3) is 2.91. The maximum absolute atomic E-state index is 5.46. The van der Waals surface area contributed by atoms with Crippen LogP contribution in [0.25, 0.3) is 0 Å². The Morgan fingerprint density at radius 1 is 1.22 bits per heavy atom. The monoisotopic (exact) mass is 248 g/mol. The molecular formula is C12H16N4O2. The molecule has 0 aliphatic carbocycles. The molecule has 2 rings (SSSR count). The number of rotatable bonds is 6. The average Bonchev–Trinajstić information content (AvgIpc) is 2.91. The molecule has 18 heavy (non-hydrogen) atoms.